The van der Waals surface area contributed by atoms with Crippen molar-refractivity contribution in [2.45, 2.75) is 28.6 Å². The normalized spacial score (nSPS) is 16.5. The molecule has 1 aliphatic heterocycles. The maximum Gasteiger partial charge on any atom is 0.237 e. The van der Waals surface area contributed by atoms with E-state index in [0.29, 0.717) is 22.6 Å². The number of carbonyl (C=O) groups is 1. The van der Waals surface area contributed by atoms with Crippen LogP contribution in [-0.2, 0) is 4.79 Å². The minimum atomic E-state index is -0.358. The van der Waals surface area contributed by atoms with Gasteiger partial charge < -0.3 is 4.90 Å². The molecule has 0 aliphatic carbocycles. The van der Waals surface area contributed by atoms with Crippen LogP contribution in [0.15, 0.2) is 64.9 Å². The fourth-order valence-electron chi connectivity index (χ4n) is 3.09. The lowest BCUT2D eigenvalue weighted by molar-refractivity contribution is -0.116. The van der Waals surface area contributed by atoms with E-state index in [4.69, 9.17) is 0 Å². The molecule has 3 aromatic rings. The number of fused-ring (bicyclic) bond motifs is 1. The second kappa shape index (κ2) is 8.36. The van der Waals surface area contributed by atoms with Crippen LogP contribution in [-0.4, -0.2) is 38.2 Å². The van der Waals surface area contributed by atoms with Gasteiger partial charge in [-0.3, -0.25) is 9.36 Å². The van der Waals surface area contributed by atoms with E-state index in [2.05, 4.69) is 23.2 Å². The van der Waals surface area contributed by atoms with Crippen molar-refractivity contribution in [3.05, 3.63) is 60.7 Å². The van der Waals surface area contributed by atoms with Crippen LogP contribution >= 0.6 is 23.5 Å². The molecule has 0 saturated heterocycles. The summed E-state index contributed by atoms with van der Waals surface area (Å²) in [6.45, 7) is 2.87. The number of thioether (sulfide) groups is 2. The zero-order valence-electron chi connectivity index (χ0n) is 15.3. The average Bonchev–Trinajstić information content (AvgIpc) is 3.09. The molecule has 0 saturated carbocycles. The Labute approximate surface area is 171 Å². The predicted molar refractivity (Wildman–Crippen MR) is 111 cm³/mol. The van der Waals surface area contributed by atoms with Gasteiger partial charge in [-0.15, -0.1) is 22.0 Å². The number of halogens is 1. The van der Waals surface area contributed by atoms with E-state index in [-0.39, 0.29) is 17.5 Å². The summed E-state index contributed by atoms with van der Waals surface area (Å²) >= 11 is 3.07. The molecule has 0 bridgehead atoms. The van der Waals surface area contributed by atoms with Crippen molar-refractivity contribution < 1.29 is 9.18 Å². The van der Waals surface area contributed by atoms with Crippen molar-refractivity contribution >= 4 is 35.1 Å². The fraction of sp³-hybridized carbons (Fsp3) is 0.250. The van der Waals surface area contributed by atoms with Crippen LogP contribution in [0.5, 0.6) is 0 Å². The Bertz CT molecular complexity index is 994. The van der Waals surface area contributed by atoms with Gasteiger partial charge in [-0.2, -0.15) is 0 Å². The number of benzene rings is 2. The van der Waals surface area contributed by atoms with E-state index in [1.54, 1.807) is 34.5 Å². The van der Waals surface area contributed by atoms with Crippen molar-refractivity contribution in [1.29, 1.82) is 0 Å². The number of hydrogen-bond donors (Lipinski definition) is 0. The maximum atomic E-state index is 14.1. The minimum absolute atomic E-state index is 0.00948. The molecule has 1 unspecified atom stereocenters. The Morgan fingerprint density at radius 2 is 1.96 bits per heavy atom. The Morgan fingerprint density at radius 1 is 1.21 bits per heavy atom. The molecule has 4 rings (SSSR count). The Hall–Kier alpha value is -2.32. The number of hydrogen-bond acceptors (Lipinski definition) is 5. The van der Waals surface area contributed by atoms with E-state index in [9.17, 15) is 9.18 Å². The lowest BCUT2D eigenvalue weighted by Gasteiger charge is -2.22. The molecular weight excluding hydrogens is 395 g/mol. The van der Waals surface area contributed by atoms with Gasteiger partial charge >= 0.3 is 0 Å². The molecule has 144 valence electrons. The number of amides is 1. The van der Waals surface area contributed by atoms with Crippen LogP contribution in [0.3, 0.4) is 0 Å². The number of aromatic nitrogens is 3. The molecule has 2 heterocycles. The molecule has 0 N–H and O–H groups in total. The van der Waals surface area contributed by atoms with Crippen LogP contribution in [0.2, 0.25) is 0 Å². The lowest BCUT2D eigenvalue weighted by atomic mass is 10.2. The summed E-state index contributed by atoms with van der Waals surface area (Å²) in [7, 11) is 0. The zero-order chi connectivity index (χ0) is 19.5. The summed E-state index contributed by atoms with van der Waals surface area (Å²) in [5.41, 5.74) is 1.32. The third kappa shape index (κ3) is 3.93. The summed E-state index contributed by atoms with van der Waals surface area (Å²) in [6.07, 6.45) is 2.39. The summed E-state index contributed by atoms with van der Waals surface area (Å²) in [6, 6.07) is 14.4. The number of anilines is 1. The highest BCUT2D eigenvalue weighted by molar-refractivity contribution is 8.00. The first-order valence-electron chi connectivity index (χ1n) is 8.97. The highest BCUT2D eigenvalue weighted by Crippen LogP contribution is 2.37. The summed E-state index contributed by atoms with van der Waals surface area (Å²) in [5.74, 6) is -0.140. The van der Waals surface area contributed by atoms with Gasteiger partial charge in [0.15, 0.2) is 5.16 Å². The second-order valence-electron chi connectivity index (χ2n) is 6.45. The number of carbonyl (C=O) groups excluding carboxylic acids is 1. The lowest BCUT2D eigenvalue weighted by Crippen LogP contribution is -2.33. The van der Waals surface area contributed by atoms with Crippen LogP contribution in [0.25, 0.3) is 5.69 Å². The van der Waals surface area contributed by atoms with Gasteiger partial charge in [0, 0.05) is 16.7 Å². The van der Waals surface area contributed by atoms with Crippen molar-refractivity contribution in [3.63, 3.8) is 0 Å². The number of nitrogens with zero attached hydrogens (tertiary/aromatic N) is 4. The average molecular weight is 415 g/mol. The second-order valence-corrected chi connectivity index (χ2v) is 8.88. The third-order valence-electron chi connectivity index (χ3n) is 4.50. The highest BCUT2D eigenvalue weighted by atomic mass is 32.2. The topological polar surface area (TPSA) is 51.0 Å². The molecule has 1 amide bonds. The molecular formula is C20H19FN4OS2. The first-order valence-corrected chi connectivity index (χ1v) is 10.8. The summed E-state index contributed by atoms with van der Waals surface area (Å²) in [4.78, 5) is 16.0. The van der Waals surface area contributed by atoms with Crippen molar-refractivity contribution in [2.75, 3.05) is 17.2 Å². The summed E-state index contributed by atoms with van der Waals surface area (Å²) < 4.78 is 15.7. The van der Waals surface area contributed by atoms with Gasteiger partial charge in [-0.1, -0.05) is 43.0 Å². The number of rotatable bonds is 4. The molecule has 0 radical (unpaired) electrons. The van der Waals surface area contributed by atoms with Crippen LogP contribution in [0.4, 0.5) is 10.1 Å². The molecule has 5 nitrogen and oxygen atoms in total. The van der Waals surface area contributed by atoms with E-state index < -0.39 is 0 Å². The largest absolute Gasteiger partial charge is 0.311 e. The Morgan fingerprint density at radius 3 is 2.79 bits per heavy atom. The predicted octanol–water partition coefficient (Wildman–Crippen LogP) is 4.42. The molecule has 0 spiro atoms. The zero-order valence-corrected chi connectivity index (χ0v) is 16.9. The van der Waals surface area contributed by atoms with E-state index in [1.165, 1.54) is 24.2 Å². The Kier molecular flexibility index (Phi) is 5.68. The number of para-hydroxylation sites is 2. The first kappa shape index (κ1) is 19.0. The maximum absolute atomic E-state index is 14.1. The SMILES string of the molecule is CC1CCN(C(=O)CSc2nncn2-c2ccccc2F)c2ccccc2S1. The molecule has 1 aliphatic rings. The van der Waals surface area contributed by atoms with Gasteiger partial charge in [0.05, 0.1) is 17.1 Å². The van der Waals surface area contributed by atoms with Gasteiger partial charge in [-0.05, 0) is 30.7 Å². The van der Waals surface area contributed by atoms with Crippen molar-refractivity contribution in [2.24, 2.45) is 0 Å². The molecule has 1 aromatic heterocycles. The standard InChI is InChI=1S/C20H19FN4OS2/c1-14-10-11-24(17-8-4-5-9-18(17)28-14)19(26)12-27-20-23-22-13-25(20)16-7-3-2-6-15(16)21/h2-9,13-14H,10-12H2,1H3. The van der Waals surface area contributed by atoms with Gasteiger partial charge in [-0.25, -0.2) is 4.39 Å². The molecule has 1 atom stereocenters. The minimum Gasteiger partial charge on any atom is -0.311 e. The summed E-state index contributed by atoms with van der Waals surface area (Å²) in [5, 5.41) is 8.89. The smallest absolute Gasteiger partial charge is 0.237 e. The highest BCUT2D eigenvalue weighted by Gasteiger charge is 2.24. The molecule has 28 heavy (non-hydrogen) atoms. The monoisotopic (exact) mass is 414 g/mol. The quantitative estimate of drug-likeness (QED) is 0.592. The molecule has 2 aromatic carbocycles. The Balaban J connectivity index is 1.52. The van der Waals surface area contributed by atoms with Crippen LogP contribution < -0.4 is 4.90 Å². The third-order valence-corrected chi connectivity index (χ3v) is 6.66. The van der Waals surface area contributed by atoms with Crippen molar-refractivity contribution in [1.82, 2.24) is 14.8 Å². The van der Waals surface area contributed by atoms with Gasteiger partial charge in [0.2, 0.25) is 5.91 Å². The fourth-order valence-corrected chi connectivity index (χ4v) is 5.00. The van der Waals surface area contributed by atoms with E-state index >= 15 is 0 Å². The van der Waals surface area contributed by atoms with Crippen LogP contribution in [0.1, 0.15) is 13.3 Å². The molecule has 0 fully saturated rings. The first-order chi connectivity index (χ1) is 13.6. The van der Waals surface area contributed by atoms with Crippen LogP contribution in [0, 0.1) is 5.82 Å². The van der Waals surface area contributed by atoms with Gasteiger partial charge in [0.25, 0.3) is 0 Å². The van der Waals surface area contributed by atoms with Gasteiger partial charge in [0.1, 0.15) is 12.1 Å². The van der Waals surface area contributed by atoms with Crippen molar-refractivity contribution in [3.8, 4) is 5.69 Å². The molecule has 8 heteroatoms. The van der Waals surface area contributed by atoms with E-state index in [1.807, 2.05) is 23.1 Å². The van der Waals surface area contributed by atoms with E-state index in [0.717, 1.165) is 17.0 Å².